The van der Waals surface area contributed by atoms with Crippen LogP contribution in [0.25, 0.3) is 10.8 Å². The van der Waals surface area contributed by atoms with E-state index in [2.05, 4.69) is 43.3 Å². The van der Waals surface area contributed by atoms with Crippen molar-refractivity contribution in [2.75, 3.05) is 6.61 Å². The van der Waals surface area contributed by atoms with Crippen molar-refractivity contribution in [2.45, 2.75) is 13.0 Å². The van der Waals surface area contributed by atoms with E-state index in [1.807, 2.05) is 0 Å². The lowest BCUT2D eigenvalue weighted by molar-refractivity contribution is 0.417. The molecule has 2 aromatic rings. The zero-order valence-corrected chi connectivity index (χ0v) is 8.16. The third kappa shape index (κ3) is 1.13. The third-order valence-electron chi connectivity index (χ3n) is 2.86. The van der Waals surface area contributed by atoms with Gasteiger partial charge in [-0.15, -0.1) is 0 Å². The molecule has 1 saturated heterocycles. The first-order chi connectivity index (χ1) is 6.86. The van der Waals surface area contributed by atoms with E-state index in [1.54, 1.807) is 0 Å². The normalized spacial score (nSPS) is 19.9. The number of aryl methyl sites for hydroxylation is 1. The van der Waals surface area contributed by atoms with Crippen LogP contribution in [0.5, 0.6) is 0 Å². The van der Waals surface area contributed by atoms with Crippen LogP contribution in [0, 0.1) is 6.92 Å². The van der Waals surface area contributed by atoms with E-state index < -0.39 is 0 Å². The SMILES string of the molecule is Cc1ccc([C@@H]2CO2)c2ccccc12. The molecular weight excluding hydrogens is 172 g/mol. The monoisotopic (exact) mass is 184 g/mol. The number of fused-ring (bicyclic) bond motifs is 1. The summed E-state index contributed by atoms with van der Waals surface area (Å²) in [5, 5.41) is 2.69. The van der Waals surface area contributed by atoms with Gasteiger partial charge in [-0.25, -0.2) is 0 Å². The van der Waals surface area contributed by atoms with Crippen LogP contribution in [0.3, 0.4) is 0 Å². The highest BCUT2D eigenvalue weighted by Gasteiger charge is 2.26. The number of epoxide rings is 1. The van der Waals surface area contributed by atoms with Crippen LogP contribution < -0.4 is 0 Å². The molecular formula is C13H12O. The van der Waals surface area contributed by atoms with Gasteiger partial charge in [0, 0.05) is 0 Å². The van der Waals surface area contributed by atoms with E-state index in [9.17, 15) is 0 Å². The van der Waals surface area contributed by atoms with Crippen LogP contribution in [0.4, 0.5) is 0 Å². The molecule has 1 aliphatic rings. The molecule has 1 atom stereocenters. The standard InChI is InChI=1S/C13H12O/c1-9-6-7-12(13-8-14-13)11-5-3-2-4-10(9)11/h2-7,13H,8H2,1H3/t13-/m0/s1. The van der Waals surface area contributed by atoms with Crippen molar-refractivity contribution >= 4 is 10.8 Å². The van der Waals surface area contributed by atoms with E-state index in [4.69, 9.17) is 4.74 Å². The van der Waals surface area contributed by atoms with E-state index in [-0.39, 0.29) is 0 Å². The van der Waals surface area contributed by atoms with Gasteiger partial charge in [0.05, 0.1) is 6.61 Å². The summed E-state index contributed by atoms with van der Waals surface area (Å²) in [6.45, 7) is 3.03. The fourth-order valence-corrected chi connectivity index (χ4v) is 1.98. The first kappa shape index (κ1) is 8.01. The maximum Gasteiger partial charge on any atom is 0.107 e. The van der Waals surface area contributed by atoms with Crippen molar-refractivity contribution in [3.8, 4) is 0 Å². The lowest BCUT2D eigenvalue weighted by Crippen LogP contribution is -1.86. The Morgan fingerprint density at radius 1 is 1.07 bits per heavy atom. The Bertz CT molecular complexity index is 484. The third-order valence-corrected chi connectivity index (χ3v) is 2.86. The highest BCUT2D eigenvalue weighted by atomic mass is 16.6. The van der Waals surface area contributed by atoms with Crippen molar-refractivity contribution in [1.82, 2.24) is 0 Å². The lowest BCUT2D eigenvalue weighted by Gasteiger charge is -2.06. The minimum Gasteiger partial charge on any atom is -0.368 e. The van der Waals surface area contributed by atoms with Gasteiger partial charge in [0.25, 0.3) is 0 Å². The molecule has 0 amide bonds. The Hall–Kier alpha value is -1.34. The van der Waals surface area contributed by atoms with Crippen LogP contribution in [0.1, 0.15) is 17.2 Å². The van der Waals surface area contributed by atoms with Gasteiger partial charge in [0.2, 0.25) is 0 Å². The Morgan fingerprint density at radius 3 is 2.50 bits per heavy atom. The van der Waals surface area contributed by atoms with Crippen molar-refractivity contribution in [3.63, 3.8) is 0 Å². The molecule has 1 heterocycles. The first-order valence-electron chi connectivity index (χ1n) is 4.96. The molecule has 0 aliphatic carbocycles. The van der Waals surface area contributed by atoms with Gasteiger partial charge >= 0.3 is 0 Å². The molecule has 0 radical (unpaired) electrons. The predicted molar refractivity (Wildman–Crippen MR) is 57.4 cm³/mol. The van der Waals surface area contributed by atoms with Crippen molar-refractivity contribution in [1.29, 1.82) is 0 Å². The van der Waals surface area contributed by atoms with Gasteiger partial charge in [-0.3, -0.25) is 0 Å². The Labute approximate surface area is 83.3 Å². The molecule has 1 nitrogen and oxygen atoms in total. The summed E-state index contributed by atoms with van der Waals surface area (Å²) in [5.74, 6) is 0. The van der Waals surface area contributed by atoms with Gasteiger partial charge in [-0.1, -0.05) is 36.4 Å². The lowest BCUT2D eigenvalue weighted by atomic mass is 9.99. The topological polar surface area (TPSA) is 12.5 Å². The van der Waals surface area contributed by atoms with Crippen LogP contribution in [0.15, 0.2) is 36.4 Å². The second-order valence-electron chi connectivity index (χ2n) is 3.84. The second-order valence-corrected chi connectivity index (χ2v) is 3.84. The summed E-state index contributed by atoms with van der Waals surface area (Å²) in [6.07, 6.45) is 0.348. The summed E-state index contributed by atoms with van der Waals surface area (Å²) < 4.78 is 5.34. The summed E-state index contributed by atoms with van der Waals surface area (Å²) in [4.78, 5) is 0. The highest BCUT2D eigenvalue weighted by molar-refractivity contribution is 5.89. The molecule has 0 N–H and O–H groups in total. The summed E-state index contributed by atoms with van der Waals surface area (Å²) in [7, 11) is 0. The summed E-state index contributed by atoms with van der Waals surface area (Å²) >= 11 is 0. The number of rotatable bonds is 1. The average molecular weight is 184 g/mol. The maximum atomic E-state index is 5.34. The molecule has 70 valence electrons. The molecule has 0 unspecified atom stereocenters. The minimum atomic E-state index is 0.348. The molecule has 1 aliphatic heterocycles. The molecule has 2 aromatic carbocycles. The largest absolute Gasteiger partial charge is 0.368 e. The van der Waals surface area contributed by atoms with Gasteiger partial charge < -0.3 is 4.74 Å². The molecule has 0 bridgehead atoms. The molecule has 1 fully saturated rings. The fourth-order valence-electron chi connectivity index (χ4n) is 1.98. The maximum absolute atomic E-state index is 5.34. The first-order valence-corrected chi connectivity index (χ1v) is 4.96. The van der Waals surface area contributed by atoms with E-state index in [0.717, 1.165) is 6.61 Å². The van der Waals surface area contributed by atoms with Crippen LogP contribution in [-0.4, -0.2) is 6.61 Å². The molecule has 0 spiro atoms. The Morgan fingerprint density at radius 2 is 1.79 bits per heavy atom. The van der Waals surface area contributed by atoms with Crippen molar-refractivity contribution in [3.05, 3.63) is 47.5 Å². The molecule has 1 heteroatoms. The number of benzene rings is 2. The average Bonchev–Trinajstić information content (AvgIpc) is 3.03. The molecule has 0 saturated carbocycles. The van der Waals surface area contributed by atoms with Crippen LogP contribution >= 0.6 is 0 Å². The number of hydrogen-bond donors (Lipinski definition) is 0. The quantitative estimate of drug-likeness (QED) is 0.620. The van der Waals surface area contributed by atoms with Crippen LogP contribution in [-0.2, 0) is 4.74 Å². The van der Waals surface area contributed by atoms with E-state index in [1.165, 1.54) is 21.9 Å². The van der Waals surface area contributed by atoms with E-state index >= 15 is 0 Å². The molecule has 3 rings (SSSR count). The number of ether oxygens (including phenoxy) is 1. The fraction of sp³-hybridized carbons (Fsp3) is 0.231. The molecule has 14 heavy (non-hydrogen) atoms. The van der Waals surface area contributed by atoms with E-state index in [0.29, 0.717) is 6.10 Å². The second kappa shape index (κ2) is 2.82. The number of hydrogen-bond acceptors (Lipinski definition) is 1. The van der Waals surface area contributed by atoms with Crippen LogP contribution in [0.2, 0.25) is 0 Å². The Balaban J connectivity index is 2.35. The minimum absolute atomic E-state index is 0.348. The smallest absolute Gasteiger partial charge is 0.107 e. The highest BCUT2D eigenvalue weighted by Crippen LogP contribution is 2.35. The summed E-state index contributed by atoms with van der Waals surface area (Å²) in [5.41, 5.74) is 2.68. The van der Waals surface area contributed by atoms with Gasteiger partial charge in [-0.2, -0.15) is 0 Å². The zero-order chi connectivity index (χ0) is 9.54. The zero-order valence-electron chi connectivity index (χ0n) is 8.16. The summed E-state index contributed by atoms with van der Waals surface area (Å²) in [6, 6.07) is 12.9. The molecule has 0 aromatic heterocycles. The van der Waals surface area contributed by atoms with Gasteiger partial charge in [0.1, 0.15) is 6.10 Å². The predicted octanol–water partition coefficient (Wildman–Crippen LogP) is 3.22. The van der Waals surface area contributed by atoms with Gasteiger partial charge in [-0.05, 0) is 28.8 Å². The van der Waals surface area contributed by atoms with Gasteiger partial charge in [0.15, 0.2) is 0 Å². The van der Waals surface area contributed by atoms with Crippen molar-refractivity contribution in [2.24, 2.45) is 0 Å². The van der Waals surface area contributed by atoms with Crippen molar-refractivity contribution < 1.29 is 4.74 Å². The Kier molecular flexibility index (Phi) is 1.62.